The molecule has 3 N–H and O–H groups in total. The van der Waals surface area contributed by atoms with E-state index in [-0.39, 0.29) is 5.91 Å². The maximum Gasteiger partial charge on any atom is 0.237 e. The molecule has 0 radical (unpaired) electrons. The number of hydrogen-bond donors (Lipinski definition) is 2. The number of hydrogen-bond acceptors (Lipinski definition) is 2. The van der Waals surface area contributed by atoms with Crippen LogP contribution in [-0.4, -0.2) is 10.9 Å². The fourth-order valence-electron chi connectivity index (χ4n) is 3.01. The van der Waals surface area contributed by atoms with E-state index in [0.717, 1.165) is 53.4 Å². The second-order valence-corrected chi connectivity index (χ2v) is 7.12. The van der Waals surface area contributed by atoms with E-state index in [2.05, 4.69) is 21.2 Å². The zero-order valence-electron chi connectivity index (χ0n) is 12.5. The molecule has 1 saturated carbocycles. The van der Waals surface area contributed by atoms with Gasteiger partial charge in [0.1, 0.15) is 0 Å². The van der Waals surface area contributed by atoms with Gasteiger partial charge < -0.3 is 11.1 Å². The first-order valence-electron chi connectivity index (χ1n) is 7.25. The van der Waals surface area contributed by atoms with Crippen LogP contribution in [0.4, 0.5) is 5.69 Å². The summed E-state index contributed by atoms with van der Waals surface area (Å²) in [5, 5.41) is 3.02. The third-order valence-electron chi connectivity index (χ3n) is 4.31. The number of anilines is 1. The maximum absolute atomic E-state index is 12.7. The summed E-state index contributed by atoms with van der Waals surface area (Å²) in [7, 11) is 0. The Bertz CT molecular complexity index is 557. The fraction of sp³-hybridized carbons (Fsp3) is 0.500. The van der Waals surface area contributed by atoms with Crippen LogP contribution in [0.25, 0.3) is 0 Å². The molecule has 1 aromatic carbocycles. The topological polar surface area (TPSA) is 55.1 Å². The number of benzene rings is 1. The number of nitrogens with two attached hydrogens (primary N) is 1. The van der Waals surface area contributed by atoms with Crippen molar-refractivity contribution in [1.82, 2.24) is 0 Å². The molecule has 5 heteroatoms. The van der Waals surface area contributed by atoms with Crippen molar-refractivity contribution in [2.45, 2.75) is 46.0 Å². The number of halogens is 1. The molecule has 114 valence electrons. The molecule has 3 nitrogen and oxygen atoms in total. The number of amides is 1. The predicted octanol–water partition coefficient (Wildman–Crippen LogP) is 4.24. The Morgan fingerprint density at radius 1 is 1.24 bits per heavy atom. The highest BCUT2D eigenvalue weighted by atomic mass is 79.9. The Labute approximate surface area is 139 Å². The van der Waals surface area contributed by atoms with E-state index in [1.165, 1.54) is 0 Å². The molecule has 1 aliphatic rings. The van der Waals surface area contributed by atoms with E-state index < -0.39 is 5.41 Å². The molecule has 1 aliphatic carbocycles. The van der Waals surface area contributed by atoms with Gasteiger partial charge in [0.05, 0.1) is 10.4 Å². The van der Waals surface area contributed by atoms with Gasteiger partial charge in [0.15, 0.2) is 0 Å². The van der Waals surface area contributed by atoms with Crippen molar-refractivity contribution in [3.8, 4) is 0 Å². The van der Waals surface area contributed by atoms with Gasteiger partial charge in [0, 0.05) is 10.2 Å². The number of aryl methyl sites for hydroxylation is 2. The van der Waals surface area contributed by atoms with Gasteiger partial charge in [0.25, 0.3) is 0 Å². The molecule has 0 aliphatic heterocycles. The molecule has 21 heavy (non-hydrogen) atoms. The van der Waals surface area contributed by atoms with E-state index in [4.69, 9.17) is 18.0 Å². The van der Waals surface area contributed by atoms with E-state index in [0.29, 0.717) is 4.99 Å². The van der Waals surface area contributed by atoms with Crippen molar-refractivity contribution in [3.63, 3.8) is 0 Å². The second kappa shape index (κ2) is 6.44. The number of carbonyl (C=O) groups excluding carboxylic acids is 1. The lowest BCUT2D eigenvalue weighted by atomic mass is 9.73. The molecule has 1 fully saturated rings. The highest BCUT2D eigenvalue weighted by Crippen LogP contribution is 2.38. The van der Waals surface area contributed by atoms with Crippen LogP contribution in [0.3, 0.4) is 0 Å². The molecular formula is C16H21BrN2OS. The lowest BCUT2D eigenvalue weighted by Crippen LogP contribution is -2.47. The van der Waals surface area contributed by atoms with Crippen molar-refractivity contribution >= 4 is 44.7 Å². The van der Waals surface area contributed by atoms with Gasteiger partial charge in [-0.15, -0.1) is 0 Å². The predicted molar refractivity (Wildman–Crippen MR) is 94.5 cm³/mol. The second-order valence-electron chi connectivity index (χ2n) is 5.89. The fourth-order valence-corrected chi connectivity index (χ4v) is 3.54. The molecular weight excluding hydrogens is 348 g/mol. The first-order chi connectivity index (χ1) is 9.86. The number of nitrogens with one attached hydrogen (secondary N) is 1. The highest BCUT2D eigenvalue weighted by molar-refractivity contribution is 9.10. The Hall–Kier alpha value is -0.940. The summed E-state index contributed by atoms with van der Waals surface area (Å²) in [5.74, 6) is -0.0594. The van der Waals surface area contributed by atoms with Crippen molar-refractivity contribution < 1.29 is 4.79 Å². The molecule has 0 atom stereocenters. The minimum Gasteiger partial charge on any atom is -0.392 e. The molecule has 0 bridgehead atoms. The summed E-state index contributed by atoms with van der Waals surface area (Å²) in [4.78, 5) is 13.1. The van der Waals surface area contributed by atoms with Gasteiger partial charge in [-0.2, -0.15) is 0 Å². The van der Waals surface area contributed by atoms with Gasteiger partial charge in [-0.3, -0.25) is 4.79 Å². The first kappa shape index (κ1) is 16.4. The summed E-state index contributed by atoms with van der Waals surface area (Å²) >= 11 is 8.74. The molecule has 0 saturated heterocycles. The van der Waals surface area contributed by atoms with Crippen molar-refractivity contribution in [1.29, 1.82) is 0 Å². The quantitative estimate of drug-likeness (QED) is 0.784. The van der Waals surface area contributed by atoms with Gasteiger partial charge >= 0.3 is 0 Å². The van der Waals surface area contributed by atoms with Gasteiger partial charge in [0.2, 0.25) is 5.91 Å². The SMILES string of the molecule is Cc1cc(NC(=O)C2(C(N)=S)CCCCC2)cc(C)c1Br. The van der Waals surface area contributed by atoms with Crippen LogP contribution in [0.15, 0.2) is 16.6 Å². The van der Waals surface area contributed by atoms with Crippen molar-refractivity contribution in [2.75, 3.05) is 5.32 Å². The van der Waals surface area contributed by atoms with Crippen LogP contribution in [0.5, 0.6) is 0 Å². The molecule has 1 aromatic rings. The summed E-state index contributed by atoms with van der Waals surface area (Å²) in [6.45, 7) is 4.02. The Morgan fingerprint density at radius 3 is 2.24 bits per heavy atom. The molecule has 0 aromatic heterocycles. The number of rotatable bonds is 3. The number of carbonyl (C=O) groups is 1. The summed E-state index contributed by atoms with van der Waals surface area (Å²) in [6.07, 6.45) is 4.66. The zero-order chi connectivity index (χ0) is 15.6. The van der Waals surface area contributed by atoms with Gasteiger partial charge in [-0.05, 0) is 49.9 Å². The third-order valence-corrected chi connectivity index (χ3v) is 5.95. The van der Waals surface area contributed by atoms with Crippen molar-refractivity contribution in [2.24, 2.45) is 11.1 Å². The van der Waals surface area contributed by atoms with E-state index >= 15 is 0 Å². The summed E-state index contributed by atoms with van der Waals surface area (Å²) in [5.41, 5.74) is 8.22. The minimum atomic E-state index is -0.678. The van der Waals surface area contributed by atoms with Crippen LogP contribution in [-0.2, 0) is 4.79 Å². The summed E-state index contributed by atoms with van der Waals surface area (Å²) in [6, 6.07) is 3.93. The smallest absolute Gasteiger partial charge is 0.237 e. The Morgan fingerprint density at radius 2 is 1.76 bits per heavy atom. The molecule has 2 rings (SSSR count). The standard InChI is InChI=1S/C16H21BrN2OS/c1-10-8-12(9-11(2)13(10)17)19-15(20)16(14(18)21)6-4-3-5-7-16/h8-9H,3-7H2,1-2H3,(H2,18,21)(H,19,20). The first-order valence-corrected chi connectivity index (χ1v) is 8.45. The molecule has 0 heterocycles. The average Bonchev–Trinajstić information content (AvgIpc) is 2.45. The molecule has 1 amide bonds. The van der Waals surface area contributed by atoms with Crippen LogP contribution in [0.2, 0.25) is 0 Å². The Kier molecular flexibility index (Phi) is 5.04. The van der Waals surface area contributed by atoms with Crippen LogP contribution < -0.4 is 11.1 Å². The minimum absolute atomic E-state index is 0.0594. The molecule has 0 unspecified atom stereocenters. The highest BCUT2D eigenvalue weighted by Gasteiger charge is 2.42. The number of thiocarbonyl (C=S) groups is 1. The lowest BCUT2D eigenvalue weighted by Gasteiger charge is -2.34. The Balaban J connectivity index is 2.25. The van der Waals surface area contributed by atoms with E-state index in [9.17, 15) is 4.79 Å². The largest absolute Gasteiger partial charge is 0.392 e. The zero-order valence-corrected chi connectivity index (χ0v) is 14.9. The van der Waals surface area contributed by atoms with Crippen molar-refractivity contribution in [3.05, 3.63) is 27.7 Å². The maximum atomic E-state index is 12.7. The van der Waals surface area contributed by atoms with Crippen LogP contribution in [0, 0.1) is 19.3 Å². The van der Waals surface area contributed by atoms with E-state index in [1.54, 1.807) is 0 Å². The monoisotopic (exact) mass is 368 g/mol. The van der Waals surface area contributed by atoms with Gasteiger partial charge in [-0.1, -0.05) is 47.4 Å². The average molecular weight is 369 g/mol. The van der Waals surface area contributed by atoms with Gasteiger partial charge in [-0.25, -0.2) is 0 Å². The van der Waals surface area contributed by atoms with Crippen LogP contribution >= 0.6 is 28.1 Å². The van der Waals surface area contributed by atoms with Crippen LogP contribution in [0.1, 0.15) is 43.2 Å². The molecule has 0 spiro atoms. The summed E-state index contributed by atoms with van der Waals surface area (Å²) < 4.78 is 1.07. The normalized spacial score (nSPS) is 17.3. The third kappa shape index (κ3) is 3.29. The van der Waals surface area contributed by atoms with E-state index in [1.807, 2.05) is 26.0 Å². The lowest BCUT2D eigenvalue weighted by molar-refractivity contribution is -0.123.